The summed E-state index contributed by atoms with van der Waals surface area (Å²) in [7, 11) is 0. The van der Waals surface area contributed by atoms with Crippen molar-refractivity contribution in [3.8, 4) is 23.0 Å². The summed E-state index contributed by atoms with van der Waals surface area (Å²) in [6, 6.07) is 18.7. The van der Waals surface area contributed by atoms with Gasteiger partial charge in [-0.3, -0.25) is 4.79 Å². The van der Waals surface area contributed by atoms with Gasteiger partial charge in [0.1, 0.15) is 11.5 Å². The first-order valence-corrected chi connectivity index (χ1v) is 12.8. The van der Waals surface area contributed by atoms with Crippen LogP contribution in [0.15, 0.2) is 71.8 Å². The van der Waals surface area contributed by atoms with Crippen molar-refractivity contribution >= 4 is 18.1 Å². The van der Waals surface area contributed by atoms with Crippen molar-refractivity contribution in [3.63, 3.8) is 0 Å². The lowest BCUT2D eigenvalue weighted by molar-refractivity contribution is 0.0728. The molecule has 38 heavy (non-hydrogen) atoms. The number of ether oxygens (including phenoxy) is 4. The highest BCUT2D eigenvalue weighted by atomic mass is 16.6. The van der Waals surface area contributed by atoms with E-state index in [1.165, 1.54) is 6.21 Å². The van der Waals surface area contributed by atoms with Gasteiger partial charge in [0.2, 0.25) is 0 Å². The highest BCUT2D eigenvalue weighted by Gasteiger charge is 2.14. The second-order valence-electron chi connectivity index (χ2n) is 8.33. The molecule has 200 valence electrons. The minimum absolute atomic E-state index is 0.283. The van der Waals surface area contributed by atoms with Gasteiger partial charge in [-0.25, -0.2) is 10.2 Å². The maximum atomic E-state index is 12.6. The number of nitrogens with one attached hydrogen (secondary N) is 1. The Bertz CT molecular complexity index is 1210. The Labute approximate surface area is 223 Å². The Kier molecular flexibility index (Phi) is 11.2. The summed E-state index contributed by atoms with van der Waals surface area (Å²) in [5.74, 6) is 1.23. The van der Waals surface area contributed by atoms with E-state index in [1.54, 1.807) is 66.7 Å². The Morgan fingerprint density at radius 2 is 1.42 bits per heavy atom. The summed E-state index contributed by atoms with van der Waals surface area (Å²) in [6.07, 6.45) is 4.43. The van der Waals surface area contributed by atoms with Crippen molar-refractivity contribution in [3.05, 3.63) is 83.4 Å². The van der Waals surface area contributed by atoms with Crippen LogP contribution in [-0.4, -0.2) is 37.9 Å². The number of hydrogen-bond donors (Lipinski definition) is 1. The van der Waals surface area contributed by atoms with E-state index in [0.29, 0.717) is 48.0 Å². The number of hydrazone groups is 1. The molecule has 1 amide bonds. The predicted octanol–water partition coefficient (Wildman–Crippen LogP) is 6.04. The smallest absolute Gasteiger partial charge is 0.343 e. The molecular formula is C30H34N2O6. The number of nitrogens with zero attached hydrogens (tertiary/aromatic N) is 1. The largest absolute Gasteiger partial charge is 0.494 e. The Morgan fingerprint density at radius 1 is 0.763 bits per heavy atom. The maximum absolute atomic E-state index is 12.6. The standard InChI is InChI=1S/C30H34N2O6/c1-4-7-19-37-26-13-9-23(10-14-26)29(33)32-31-21-22-8-17-27(28(20-22)35-6-3)38-30(34)24-11-15-25(16-12-24)36-18-5-2/h8-17,20-21H,4-7,18-19H2,1-3H3,(H,32,33). The lowest BCUT2D eigenvalue weighted by Gasteiger charge is -2.12. The van der Waals surface area contributed by atoms with Crippen LogP contribution in [0.3, 0.4) is 0 Å². The van der Waals surface area contributed by atoms with E-state index in [0.717, 1.165) is 25.0 Å². The first-order valence-electron chi connectivity index (χ1n) is 12.8. The second kappa shape index (κ2) is 15.0. The van der Waals surface area contributed by atoms with Crippen LogP contribution in [0.25, 0.3) is 0 Å². The van der Waals surface area contributed by atoms with Gasteiger partial charge in [0, 0.05) is 5.56 Å². The topological polar surface area (TPSA) is 95.5 Å². The van der Waals surface area contributed by atoms with E-state index in [4.69, 9.17) is 18.9 Å². The molecule has 0 saturated carbocycles. The summed E-state index contributed by atoms with van der Waals surface area (Å²) in [4.78, 5) is 25.1. The molecule has 3 aromatic rings. The molecule has 0 atom stereocenters. The molecule has 0 spiro atoms. The molecule has 8 heteroatoms. The molecule has 0 aliphatic rings. The van der Waals surface area contributed by atoms with E-state index < -0.39 is 5.97 Å². The van der Waals surface area contributed by atoms with E-state index in [9.17, 15) is 9.59 Å². The summed E-state index contributed by atoms with van der Waals surface area (Å²) >= 11 is 0. The Hall–Kier alpha value is -4.33. The zero-order valence-corrected chi connectivity index (χ0v) is 22.1. The number of carbonyl (C=O) groups is 2. The molecule has 3 aromatic carbocycles. The molecule has 0 saturated heterocycles. The summed E-state index contributed by atoms with van der Waals surface area (Å²) in [6.45, 7) is 7.60. The highest BCUT2D eigenvalue weighted by Crippen LogP contribution is 2.29. The highest BCUT2D eigenvalue weighted by molar-refractivity contribution is 5.95. The van der Waals surface area contributed by atoms with Crippen LogP contribution in [0.5, 0.6) is 23.0 Å². The minimum Gasteiger partial charge on any atom is -0.494 e. The van der Waals surface area contributed by atoms with Gasteiger partial charge in [-0.2, -0.15) is 5.10 Å². The predicted molar refractivity (Wildman–Crippen MR) is 147 cm³/mol. The van der Waals surface area contributed by atoms with Gasteiger partial charge in [-0.1, -0.05) is 20.3 Å². The average molecular weight is 519 g/mol. The zero-order valence-electron chi connectivity index (χ0n) is 22.1. The average Bonchev–Trinajstić information content (AvgIpc) is 2.94. The molecule has 3 rings (SSSR count). The van der Waals surface area contributed by atoms with Gasteiger partial charge < -0.3 is 18.9 Å². The minimum atomic E-state index is -0.511. The zero-order chi connectivity index (χ0) is 27.2. The molecule has 0 radical (unpaired) electrons. The number of benzene rings is 3. The summed E-state index contributed by atoms with van der Waals surface area (Å²) in [5, 5.41) is 4.04. The van der Waals surface area contributed by atoms with Crippen LogP contribution in [0.2, 0.25) is 0 Å². The maximum Gasteiger partial charge on any atom is 0.343 e. The quantitative estimate of drug-likeness (QED) is 0.0920. The first-order chi connectivity index (χ1) is 18.5. The third kappa shape index (κ3) is 8.65. The lowest BCUT2D eigenvalue weighted by Crippen LogP contribution is -2.17. The number of hydrogen-bond acceptors (Lipinski definition) is 7. The van der Waals surface area contributed by atoms with Gasteiger partial charge in [0.25, 0.3) is 5.91 Å². The fraction of sp³-hybridized carbons (Fsp3) is 0.300. The van der Waals surface area contributed by atoms with Gasteiger partial charge in [0.15, 0.2) is 11.5 Å². The summed E-state index contributed by atoms with van der Waals surface area (Å²) < 4.78 is 22.4. The molecule has 0 fully saturated rings. The molecule has 8 nitrogen and oxygen atoms in total. The van der Waals surface area contributed by atoms with Gasteiger partial charge >= 0.3 is 5.97 Å². The van der Waals surface area contributed by atoms with Crippen LogP contribution in [0.1, 0.15) is 66.3 Å². The number of esters is 1. The van der Waals surface area contributed by atoms with E-state index in [2.05, 4.69) is 17.5 Å². The van der Waals surface area contributed by atoms with Crippen molar-refractivity contribution in [2.45, 2.75) is 40.0 Å². The van der Waals surface area contributed by atoms with Crippen LogP contribution in [-0.2, 0) is 0 Å². The molecule has 0 unspecified atom stereocenters. The van der Waals surface area contributed by atoms with E-state index in [-0.39, 0.29) is 11.7 Å². The third-order valence-corrected chi connectivity index (χ3v) is 5.30. The lowest BCUT2D eigenvalue weighted by atomic mass is 10.2. The Balaban J connectivity index is 1.60. The second-order valence-corrected chi connectivity index (χ2v) is 8.33. The van der Waals surface area contributed by atoms with E-state index >= 15 is 0 Å². The molecular weight excluding hydrogens is 484 g/mol. The van der Waals surface area contributed by atoms with Gasteiger partial charge in [-0.05, 0) is 92.1 Å². The number of carbonyl (C=O) groups excluding carboxylic acids is 2. The monoisotopic (exact) mass is 518 g/mol. The van der Waals surface area contributed by atoms with Crippen LogP contribution >= 0.6 is 0 Å². The molecule has 1 N–H and O–H groups in total. The molecule has 0 bridgehead atoms. The fourth-order valence-corrected chi connectivity index (χ4v) is 3.29. The number of unbranched alkanes of at least 4 members (excludes halogenated alkanes) is 1. The fourth-order valence-electron chi connectivity index (χ4n) is 3.29. The SMILES string of the molecule is CCCCOc1ccc(C(=O)NN=Cc2ccc(OC(=O)c3ccc(OCCC)cc3)c(OCC)c2)cc1. The van der Waals surface area contributed by atoms with Crippen molar-refractivity contribution in [1.29, 1.82) is 0 Å². The molecule has 0 aliphatic carbocycles. The van der Waals surface area contributed by atoms with Gasteiger partial charge in [-0.15, -0.1) is 0 Å². The Morgan fingerprint density at radius 3 is 2.05 bits per heavy atom. The molecule has 0 heterocycles. The van der Waals surface area contributed by atoms with E-state index in [1.807, 2.05) is 13.8 Å². The molecule has 0 aromatic heterocycles. The van der Waals surface area contributed by atoms with Crippen molar-refractivity contribution < 1.29 is 28.5 Å². The van der Waals surface area contributed by atoms with Crippen molar-refractivity contribution in [2.75, 3.05) is 19.8 Å². The van der Waals surface area contributed by atoms with Crippen LogP contribution in [0, 0.1) is 0 Å². The van der Waals surface area contributed by atoms with Crippen molar-refractivity contribution in [2.24, 2.45) is 5.10 Å². The summed E-state index contributed by atoms with van der Waals surface area (Å²) in [5.41, 5.74) is 4.03. The van der Waals surface area contributed by atoms with Crippen LogP contribution in [0.4, 0.5) is 0 Å². The first kappa shape index (κ1) is 28.2. The number of rotatable bonds is 14. The normalized spacial score (nSPS) is 10.7. The van der Waals surface area contributed by atoms with Crippen molar-refractivity contribution in [1.82, 2.24) is 5.43 Å². The van der Waals surface area contributed by atoms with Gasteiger partial charge in [0.05, 0.1) is 31.6 Å². The third-order valence-electron chi connectivity index (χ3n) is 5.30. The number of amides is 1. The van der Waals surface area contributed by atoms with Crippen LogP contribution < -0.4 is 24.4 Å². The molecule has 0 aliphatic heterocycles.